The van der Waals surface area contributed by atoms with E-state index in [4.69, 9.17) is 15.2 Å². The van der Waals surface area contributed by atoms with Crippen LogP contribution in [0.4, 0.5) is 4.39 Å². The van der Waals surface area contributed by atoms with Crippen molar-refractivity contribution in [3.05, 3.63) is 76.5 Å². The second-order valence-electron chi connectivity index (χ2n) is 8.75. The minimum atomic E-state index is -0.480. The molecular formula is C25H32FN5O4. The average Bonchev–Trinajstić information content (AvgIpc) is 2.87. The molecule has 4 rings (SSSR count). The number of fused-ring (bicyclic) bond motifs is 1. The van der Waals surface area contributed by atoms with Crippen LogP contribution < -0.4 is 16.6 Å². The summed E-state index contributed by atoms with van der Waals surface area (Å²) in [7, 11) is 0. The Labute approximate surface area is 203 Å². The highest BCUT2D eigenvalue weighted by molar-refractivity contribution is 5.74. The van der Waals surface area contributed by atoms with Crippen molar-refractivity contribution in [1.82, 2.24) is 19.8 Å². The second kappa shape index (κ2) is 11.5. The summed E-state index contributed by atoms with van der Waals surface area (Å²) in [5.74, 6) is 0.606. The van der Waals surface area contributed by atoms with Gasteiger partial charge < -0.3 is 30.2 Å². The van der Waals surface area contributed by atoms with E-state index in [2.05, 4.69) is 21.8 Å². The maximum atomic E-state index is 13.7. The van der Waals surface area contributed by atoms with E-state index < -0.39 is 5.82 Å². The van der Waals surface area contributed by atoms with Crippen molar-refractivity contribution in [2.75, 3.05) is 39.5 Å². The summed E-state index contributed by atoms with van der Waals surface area (Å²) in [4.78, 5) is 18.7. The van der Waals surface area contributed by atoms with Gasteiger partial charge in [-0.15, -0.1) is 0 Å². The highest BCUT2D eigenvalue weighted by atomic mass is 19.1. The molecule has 35 heavy (non-hydrogen) atoms. The van der Waals surface area contributed by atoms with Crippen LogP contribution in [0.5, 0.6) is 0 Å². The molecular weight excluding hydrogens is 453 g/mol. The molecule has 9 nitrogen and oxygen atoms in total. The molecule has 2 saturated heterocycles. The van der Waals surface area contributed by atoms with Gasteiger partial charge in [-0.1, -0.05) is 6.58 Å². The Bertz CT molecular complexity index is 1180. The van der Waals surface area contributed by atoms with Crippen LogP contribution in [-0.4, -0.2) is 71.1 Å². The Kier molecular flexibility index (Phi) is 8.17. The van der Waals surface area contributed by atoms with Gasteiger partial charge in [-0.05, 0) is 30.6 Å². The lowest BCUT2D eigenvalue weighted by Gasteiger charge is -2.39. The number of likely N-dealkylation sites (tertiary alicyclic amines) is 1. The molecule has 0 radical (unpaired) electrons. The molecule has 2 aromatic heterocycles. The van der Waals surface area contributed by atoms with Crippen LogP contribution in [0.25, 0.3) is 11.0 Å². The predicted molar refractivity (Wildman–Crippen MR) is 131 cm³/mol. The standard InChI is InChI=1S/C25H32FN5O4/c1-17(10-23-24(13-27)35-9-8-34-23)14-28-19-4-5-30(20(12-19)16-32)6-7-31-22-11-18(26)15-29-21(22)2-3-25(31)33/h2-3,10-11,13,15,19-20,28,32H,1,4-9,12,14,16,27H2/b23-10+,24-13+/t19-,20-/m1/s1. The number of hydrogen-bond donors (Lipinski definition) is 3. The maximum Gasteiger partial charge on any atom is 0.251 e. The van der Waals surface area contributed by atoms with Crippen LogP contribution in [-0.2, 0) is 16.0 Å². The largest absolute Gasteiger partial charge is 0.486 e. The van der Waals surface area contributed by atoms with E-state index in [0.29, 0.717) is 55.4 Å². The molecule has 4 N–H and O–H groups in total. The number of nitrogens with zero attached hydrogens (tertiary/aromatic N) is 3. The third-order valence-corrected chi connectivity index (χ3v) is 6.41. The molecule has 0 aromatic carbocycles. The van der Waals surface area contributed by atoms with Gasteiger partial charge in [-0.2, -0.15) is 0 Å². The first-order valence-corrected chi connectivity index (χ1v) is 11.8. The summed E-state index contributed by atoms with van der Waals surface area (Å²) in [6.07, 6.45) is 5.99. The minimum absolute atomic E-state index is 0.0135. The lowest BCUT2D eigenvalue weighted by atomic mass is 9.97. The SMILES string of the molecule is C=C(/C=C1/OCCO/C1=C/N)CN[C@@H]1CCN(CCn2c(=O)ccc3ncc(F)cc32)[C@@H](CO)C1. The van der Waals surface area contributed by atoms with E-state index >= 15 is 0 Å². The van der Waals surface area contributed by atoms with E-state index in [1.807, 2.05) is 6.08 Å². The predicted octanol–water partition coefficient (Wildman–Crippen LogP) is 1.24. The van der Waals surface area contributed by atoms with Crippen molar-refractivity contribution in [3.8, 4) is 0 Å². The fourth-order valence-corrected chi connectivity index (χ4v) is 4.57. The smallest absolute Gasteiger partial charge is 0.251 e. The Hall–Kier alpha value is -3.21. The molecule has 0 aliphatic carbocycles. The molecule has 0 bridgehead atoms. The van der Waals surface area contributed by atoms with Crippen LogP contribution in [0, 0.1) is 5.82 Å². The van der Waals surface area contributed by atoms with Gasteiger partial charge >= 0.3 is 0 Å². The molecule has 2 atom stereocenters. The minimum Gasteiger partial charge on any atom is -0.486 e. The number of ether oxygens (including phenoxy) is 2. The molecule has 2 aliphatic heterocycles. The Morgan fingerprint density at radius 3 is 2.89 bits per heavy atom. The summed E-state index contributed by atoms with van der Waals surface area (Å²) in [5.41, 5.74) is 7.27. The topological polar surface area (TPSA) is 115 Å². The van der Waals surface area contributed by atoms with Crippen molar-refractivity contribution in [2.45, 2.75) is 31.5 Å². The Morgan fingerprint density at radius 1 is 1.31 bits per heavy atom. The highest BCUT2D eigenvalue weighted by Gasteiger charge is 2.28. The monoisotopic (exact) mass is 485 g/mol. The van der Waals surface area contributed by atoms with Gasteiger partial charge in [-0.3, -0.25) is 14.7 Å². The average molecular weight is 486 g/mol. The molecule has 4 heterocycles. The van der Waals surface area contributed by atoms with Gasteiger partial charge in [0.2, 0.25) is 0 Å². The molecule has 0 saturated carbocycles. The third-order valence-electron chi connectivity index (χ3n) is 6.41. The van der Waals surface area contributed by atoms with E-state index in [1.54, 1.807) is 10.6 Å². The lowest BCUT2D eigenvalue weighted by Crippen LogP contribution is -2.51. The molecule has 0 unspecified atom stereocenters. The van der Waals surface area contributed by atoms with Crippen molar-refractivity contribution in [3.63, 3.8) is 0 Å². The quantitative estimate of drug-likeness (QED) is 0.512. The number of aromatic nitrogens is 2. The number of nitrogens with two attached hydrogens (primary N) is 1. The summed E-state index contributed by atoms with van der Waals surface area (Å²) in [5, 5.41) is 13.5. The zero-order chi connectivity index (χ0) is 24.8. The van der Waals surface area contributed by atoms with Crippen molar-refractivity contribution >= 4 is 11.0 Å². The first-order valence-electron chi connectivity index (χ1n) is 11.8. The van der Waals surface area contributed by atoms with Crippen molar-refractivity contribution in [1.29, 1.82) is 0 Å². The number of rotatable bonds is 8. The van der Waals surface area contributed by atoms with Gasteiger partial charge in [0.1, 0.15) is 19.0 Å². The zero-order valence-electron chi connectivity index (χ0n) is 19.7. The lowest BCUT2D eigenvalue weighted by molar-refractivity contribution is 0.0590. The summed E-state index contributed by atoms with van der Waals surface area (Å²) in [6.45, 7) is 7.33. The van der Waals surface area contributed by atoms with E-state index in [0.717, 1.165) is 31.2 Å². The van der Waals surface area contributed by atoms with Gasteiger partial charge in [0.05, 0.1) is 23.8 Å². The number of aliphatic hydroxyl groups is 1. The van der Waals surface area contributed by atoms with Gasteiger partial charge in [-0.25, -0.2) is 4.39 Å². The number of hydrogen-bond acceptors (Lipinski definition) is 8. The van der Waals surface area contributed by atoms with E-state index in [-0.39, 0.29) is 24.2 Å². The molecule has 188 valence electrons. The molecule has 2 fully saturated rings. The Morgan fingerprint density at radius 2 is 2.11 bits per heavy atom. The highest BCUT2D eigenvalue weighted by Crippen LogP contribution is 2.20. The number of halogens is 1. The van der Waals surface area contributed by atoms with E-state index in [9.17, 15) is 14.3 Å². The fraction of sp³-hybridized carbons (Fsp3) is 0.440. The molecule has 0 amide bonds. The summed E-state index contributed by atoms with van der Waals surface area (Å²) < 4.78 is 26.4. The van der Waals surface area contributed by atoms with Crippen LogP contribution in [0.3, 0.4) is 0 Å². The van der Waals surface area contributed by atoms with Gasteiger partial charge in [0.15, 0.2) is 11.5 Å². The second-order valence-corrected chi connectivity index (χ2v) is 8.75. The normalized spacial score (nSPS) is 23.4. The number of aliphatic hydroxyl groups excluding tert-OH is 1. The first-order chi connectivity index (χ1) is 17.0. The summed E-state index contributed by atoms with van der Waals surface area (Å²) in [6, 6.07) is 4.56. The number of piperidine rings is 1. The molecule has 2 aromatic rings. The van der Waals surface area contributed by atoms with Crippen LogP contribution in [0.2, 0.25) is 0 Å². The molecule has 10 heteroatoms. The first kappa shape index (κ1) is 24.9. The van der Waals surface area contributed by atoms with Crippen LogP contribution >= 0.6 is 0 Å². The number of pyridine rings is 2. The molecule has 2 aliphatic rings. The zero-order valence-corrected chi connectivity index (χ0v) is 19.7. The molecule has 0 spiro atoms. The van der Waals surface area contributed by atoms with Gasteiger partial charge in [0.25, 0.3) is 5.56 Å². The van der Waals surface area contributed by atoms with Crippen LogP contribution in [0.15, 0.2) is 65.1 Å². The Balaban J connectivity index is 1.32. The van der Waals surface area contributed by atoms with E-state index in [1.165, 1.54) is 18.3 Å². The fourth-order valence-electron chi connectivity index (χ4n) is 4.57. The van der Waals surface area contributed by atoms with Crippen molar-refractivity contribution < 1.29 is 19.0 Å². The van der Waals surface area contributed by atoms with Gasteiger partial charge in [0, 0.05) is 56.6 Å². The maximum absolute atomic E-state index is 13.7. The van der Waals surface area contributed by atoms with Crippen molar-refractivity contribution in [2.24, 2.45) is 5.73 Å². The number of nitrogens with one attached hydrogen (secondary N) is 1. The summed E-state index contributed by atoms with van der Waals surface area (Å²) >= 11 is 0. The van der Waals surface area contributed by atoms with Crippen LogP contribution in [0.1, 0.15) is 12.8 Å². The third kappa shape index (κ3) is 6.08.